The Morgan fingerprint density at radius 2 is 1.38 bits per heavy atom. The first-order valence-corrected chi connectivity index (χ1v) is 7.55. The average Bonchev–Trinajstić information content (AvgIpc) is 2.51. The average molecular weight is 302 g/mol. The Balaban J connectivity index is 2.34. The van der Waals surface area contributed by atoms with Crippen molar-refractivity contribution in [1.29, 1.82) is 0 Å². The summed E-state index contributed by atoms with van der Waals surface area (Å²) in [6.45, 7) is 0. The summed E-state index contributed by atoms with van der Waals surface area (Å²) in [5.41, 5.74) is 0.115. The van der Waals surface area contributed by atoms with Crippen LogP contribution in [0.4, 0.5) is 0 Å². The number of rotatable bonds is 2. The van der Waals surface area contributed by atoms with E-state index in [1.54, 1.807) is 30.3 Å². The maximum atomic E-state index is 12.5. The number of nitrogens with zero attached hydrogens (tertiary/aromatic N) is 2. The number of para-hydroxylation sites is 2. The number of benzene rings is 2. The highest BCUT2D eigenvalue weighted by Gasteiger charge is 2.32. The molecule has 106 valence electrons. The second-order valence-electron chi connectivity index (χ2n) is 4.39. The molecule has 0 saturated heterocycles. The molecule has 0 unspecified atom stereocenters. The van der Waals surface area contributed by atoms with E-state index in [0.29, 0.717) is 4.73 Å². The molecule has 7 heteroatoms. The fourth-order valence-corrected chi connectivity index (χ4v) is 3.37. The molecule has 0 fully saturated rings. The lowest BCUT2D eigenvalue weighted by Gasteiger charge is -2.08. The van der Waals surface area contributed by atoms with Gasteiger partial charge in [0.05, 0.1) is 4.90 Å². The van der Waals surface area contributed by atoms with Gasteiger partial charge in [0.15, 0.2) is 0 Å². The third-order valence-corrected chi connectivity index (χ3v) is 4.81. The van der Waals surface area contributed by atoms with E-state index >= 15 is 0 Å². The molecule has 0 aliphatic rings. The zero-order valence-electron chi connectivity index (χ0n) is 10.7. The Morgan fingerprint density at radius 3 is 2.05 bits per heavy atom. The molecule has 3 rings (SSSR count). The molecule has 0 aliphatic carbocycles. The summed E-state index contributed by atoms with van der Waals surface area (Å²) in [6, 6.07) is 13.5. The molecular weight excluding hydrogens is 292 g/mol. The van der Waals surface area contributed by atoms with Gasteiger partial charge in [-0.2, -0.15) is 4.73 Å². The van der Waals surface area contributed by atoms with Crippen molar-refractivity contribution < 1.29 is 17.9 Å². The monoisotopic (exact) mass is 302 g/mol. The van der Waals surface area contributed by atoms with Crippen molar-refractivity contribution in [2.75, 3.05) is 0 Å². The van der Waals surface area contributed by atoms with E-state index in [9.17, 15) is 18.8 Å². The van der Waals surface area contributed by atoms with Crippen molar-refractivity contribution in [3.05, 3.63) is 71.2 Å². The first kappa shape index (κ1) is 13.3. The highest BCUT2D eigenvalue weighted by molar-refractivity contribution is 7.91. The van der Waals surface area contributed by atoms with Crippen LogP contribution in [-0.4, -0.2) is 8.42 Å². The number of hydrogen-bond donors (Lipinski definition) is 0. The van der Waals surface area contributed by atoms with Gasteiger partial charge in [-0.1, -0.05) is 30.3 Å². The van der Waals surface area contributed by atoms with E-state index in [4.69, 9.17) is 0 Å². The maximum Gasteiger partial charge on any atom is 0.379 e. The van der Waals surface area contributed by atoms with Crippen LogP contribution in [0.25, 0.3) is 11.0 Å². The standard InChI is InChI=1S/C14H10N2O4S/c17-15-10-14(16(18)13-9-5-4-8-12(13)15)21(19,20)11-6-2-1-3-7-11/h1-10H. The van der Waals surface area contributed by atoms with E-state index in [1.165, 1.54) is 24.3 Å². The molecule has 0 amide bonds. The lowest BCUT2D eigenvalue weighted by molar-refractivity contribution is -0.660. The molecule has 0 saturated carbocycles. The lowest BCUT2D eigenvalue weighted by Crippen LogP contribution is -2.42. The molecule has 1 heterocycles. The molecule has 0 N–H and O–H groups in total. The van der Waals surface area contributed by atoms with Gasteiger partial charge in [0.25, 0.3) is 27.1 Å². The number of fused-ring (bicyclic) bond motifs is 1. The van der Waals surface area contributed by atoms with E-state index in [2.05, 4.69) is 0 Å². The van der Waals surface area contributed by atoms with Gasteiger partial charge >= 0.3 is 5.03 Å². The first-order valence-electron chi connectivity index (χ1n) is 6.06. The highest BCUT2D eigenvalue weighted by Crippen LogP contribution is 2.18. The van der Waals surface area contributed by atoms with Gasteiger partial charge in [-0.15, -0.1) is 4.73 Å². The van der Waals surface area contributed by atoms with Gasteiger partial charge in [0.2, 0.25) is 0 Å². The van der Waals surface area contributed by atoms with Crippen LogP contribution in [0.1, 0.15) is 0 Å². The van der Waals surface area contributed by atoms with Crippen LogP contribution in [0.3, 0.4) is 0 Å². The smallest absolute Gasteiger partial charge is 0.379 e. The fourth-order valence-electron chi connectivity index (χ4n) is 2.06. The zero-order valence-corrected chi connectivity index (χ0v) is 11.5. The summed E-state index contributed by atoms with van der Waals surface area (Å²) in [6.07, 6.45) is 0.789. The summed E-state index contributed by atoms with van der Waals surface area (Å²) >= 11 is 0. The Bertz CT molecular complexity index is 924. The number of sulfone groups is 1. The molecule has 6 nitrogen and oxygen atoms in total. The van der Waals surface area contributed by atoms with Gasteiger partial charge in [-0.3, -0.25) is 0 Å². The Morgan fingerprint density at radius 1 is 0.810 bits per heavy atom. The summed E-state index contributed by atoms with van der Waals surface area (Å²) < 4.78 is 25.6. The molecule has 21 heavy (non-hydrogen) atoms. The van der Waals surface area contributed by atoms with Gasteiger partial charge in [0, 0.05) is 12.1 Å². The molecular formula is C14H10N2O4S. The zero-order chi connectivity index (χ0) is 15.0. The molecule has 0 bridgehead atoms. The summed E-state index contributed by atoms with van der Waals surface area (Å²) in [4.78, 5) is -0.0371. The van der Waals surface area contributed by atoms with Crippen LogP contribution in [0.5, 0.6) is 0 Å². The predicted molar refractivity (Wildman–Crippen MR) is 73.8 cm³/mol. The number of hydrogen-bond acceptors (Lipinski definition) is 4. The van der Waals surface area contributed by atoms with Gasteiger partial charge in [-0.05, 0) is 12.1 Å². The van der Waals surface area contributed by atoms with E-state index in [-0.39, 0.29) is 20.7 Å². The molecule has 0 spiro atoms. The quantitative estimate of drug-likeness (QED) is 0.520. The van der Waals surface area contributed by atoms with Crippen LogP contribution in [0.2, 0.25) is 0 Å². The topological polar surface area (TPSA) is 88.0 Å². The Kier molecular flexibility index (Phi) is 2.99. The SMILES string of the molecule is O=S(=O)(c1ccccc1)c1c[n+]([O-])c2ccccc2[n+]1[O-]. The molecule has 0 radical (unpaired) electrons. The third kappa shape index (κ3) is 2.07. The minimum absolute atomic E-state index is 0.00417. The molecule has 1 aromatic heterocycles. The molecule has 2 aromatic carbocycles. The Hall–Kier alpha value is -2.67. The third-order valence-electron chi connectivity index (χ3n) is 3.09. The van der Waals surface area contributed by atoms with Crippen molar-refractivity contribution >= 4 is 20.9 Å². The normalized spacial score (nSPS) is 11.6. The predicted octanol–water partition coefficient (Wildman–Crippen LogP) is 0.939. The second kappa shape index (κ2) is 4.71. The first-order chi connectivity index (χ1) is 10.0. The molecule has 0 aliphatic heterocycles. The van der Waals surface area contributed by atoms with Crippen LogP contribution in [0.15, 0.2) is 70.7 Å². The molecule has 3 aromatic rings. The number of aromatic nitrogens is 2. The lowest BCUT2D eigenvalue weighted by atomic mass is 10.3. The van der Waals surface area contributed by atoms with Crippen LogP contribution < -0.4 is 9.46 Å². The van der Waals surface area contributed by atoms with Crippen molar-refractivity contribution in [1.82, 2.24) is 0 Å². The van der Waals surface area contributed by atoms with Crippen molar-refractivity contribution in [3.8, 4) is 0 Å². The van der Waals surface area contributed by atoms with E-state index in [1.807, 2.05) is 0 Å². The van der Waals surface area contributed by atoms with Crippen LogP contribution in [-0.2, 0) is 9.84 Å². The summed E-state index contributed by atoms with van der Waals surface area (Å²) in [5, 5.41) is 23.6. The Labute approximate surface area is 120 Å². The largest absolute Gasteiger partial charge is 0.618 e. The second-order valence-corrected chi connectivity index (χ2v) is 6.29. The van der Waals surface area contributed by atoms with E-state index in [0.717, 1.165) is 6.20 Å². The molecule has 0 atom stereocenters. The van der Waals surface area contributed by atoms with Gasteiger partial charge in [-0.25, -0.2) is 8.42 Å². The minimum Gasteiger partial charge on any atom is -0.618 e. The van der Waals surface area contributed by atoms with Crippen molar-refractivity contribution in [2.45, 2.75) is 9.92 Å². The van der Waals surface area contributed by atoms with Crippen LogP contribution >= 0.6 is 0 Å². The minimum atomic E-state index is -4.05. The maximum absolute atomic E-state index is 12.5. The fraction of sp³-hybridized carbons (Fsp3) is 0. The van der Waals surface area contributed by atoms with E-state index < -0.39 is 14.9 Å². The van der Waals surface area contributed by atoms with Gasteiger partial charge in [0.1, 0.15) is 0 Å². The van der Waals surface area contributed by atoms with Gasteiger partial charge < -0.3 is 10.4 Å². The highest BCUT2D eigenvalue weighted by atomic mass is 32.2. The van der Waals surface area contributed by atoms with Crippen LogP contribution in [0, 0.1) is 10.4 Å². The van der Waals surface area contributed by atoms with Crippen molar-refractivity contribution in [3.63, 3.8) is 0 Å². The summed E-state index contributed by atoms with van der Waals surface area (Å²) in [5.74, 6) is 0. The van der Waals surface area contributed by atoms with Crippen molar-refractivity contribution in [2.24, 2.45) is 0 Å². The summed E-state index contributed by atoms with van der Waals surface area (Å²) in [7, 11) is -4.05.